The molecule has 0 bridgehead atoms. The molecule has 1 unspecified atom stereocenters. The van der Waals surface area contributed by atoms with Crippen molar-refractivity contribution < 1.29 is 9.53 Å². The number of aromatic nitrogens is 4. The van der Waals surface area contributed by atoms with Crippen molar-refractivity contribution in [2.75, 3.05) is 13.2 Å². The normalized spacial score (nSPS) is 11.7. The van der Waals surface area contributed by atoms with Crippen LogP contribution in [0.3, 0.4) is 0 Å². The molecule has 0 aliphatic rings. The fourth-order valence-electron chi connectivity index (χ4n) is 2.55. The van der Waals surface area contributed by atoms with Gasteiger partial charge in [-0.15, -0.1) is 5.10 Å². The average molecular weight is 351 g/mol. The lowest BCUT2D eigenvalue weighted by molar-refractivity contribution is -0.124. The third-order valence-corrected chi connectivity index (χ3v) is 3.95. The van der Waals surface area contributed by atoms with E-state index in [1.807, 2.05) is 61.5 Å². The smallest absolute Gasteiger partial charge is 0.245 e. The Morgan fingerprint density at radius 3 is 2.62 bits per heavy atom. The summed E-state index contributed by atoms with van der Waals surface area (Å²) < 4.78 is 7.11. The second kappa shape index (κ2) is 8.75. The van der Waals surface area contributed by atoms with Crippen LogP contribution in [-0.2, 0) is 11.2 Å². The zero-order chi connectivity index (χ0) is 18.2. The summed E-state index contributed by atoms with van der Waals surface area (Å²) in [5.74, 6) is 0.639. The van der Waals surface area contributed by atoms with E-state index in [2.05, 4.69) is 20.8 Å². The lowest BCUT2D eigenvalue weighted by Gasteiger charge is -2.16. The lowest BCUT2D eigenvalue weighted by Crippen LogP contribution is -2.36. The van der Waals surface area contributed by atoms with Crippen molar-refractivity contribution in [2.45, 2.75) is 19.4 Å². The van der Waals surface area contributed by atoms with Crippen LogP contribution in [-0.4, -0.2) is 39.3 Å². The van der Waals surface area contributed by atoms with Crippen molar-refractivity contribution in [1.82, 2.24) is 25.5 Å². The van der Waals surface area contributed by atoms with Crippen molar-refractivity contribution in [1.29, 1.82) is 0 Å². The van der Waals surface area contributed by atoms with Crippen LogP contribution >= 0.6 is 0 Å². The van der Waals surface area contributed by atoms with E-state index in [0.29, 0.717) is 19.6 Å². The van der Waals surface area contributed by atoms with Gasteiger partial charge in [0.15, 0.2) is 0 Å². The number of hydrogen-bond acceptors (Lipinski definition) is 5. The second-order valence-electron chi connectivity index (χ2n) is 5.95. The van der Waals surface area contributed by atoms with E-state index in [1.54, 1.807) is 0 Å². The minimum Gasteiger partial charge on any atom is -0.492 e. The standard InChI is InChI=1S/C19H21N5O2/c1-15-7-9-17(10-8-15)26-12-11-20-19(25)18(24-14-21-22-23-24)13-16-5-3-2-4-6-16/h2-10,14,18H,11-13H2,1H3,(H,20,25). The molecule has 1 heterocycles. The number of ether oxygens (including phenoxy) is 1. The number of rotatable bonds is 8. The number of nitrogens with one attached hydrogen (secondary N) is 1. The molecule has 0 aliphatic carbocycles. The summed E-state index contributed by atoms with van der Waals surface area (Å²) in [5.41, 5.74) is 2.22. The molecule has 7 nitrogen and oxygen atoms in total. The highest BCUT2D eigenvalue weighted by molar-refractivity contribution is 5.80. The summed E-state index contributed by atoms with van der Waals surface area (Å²) in [5, 5.41) is 14.0. The molecule has 0 aliphatic heterocycles. The van der Waals surface area contributed by atoms with Gasteiger partial charge in [-0.3, -0.25) is 4.79 Å². The molecule has 3 aromatic rings. The Hall–Kier alpha value is -3.22. The Morgan fingerprint density at radius 2 is 1.92 bits per heavy atom. The largest absolute Gasteiger partial charge is 0.492 e. The molecule has 26 heavy (non-hydrogen) atoms. The number of hydrogen-bond donors (Lipinski definition) is 1. The van der Waals surface area contributed by atoms with Crippen LogP contribution in [0.2, 0.25) is 0 Å². The molecule has 2 aromatic carbocycles. The first-order chi connectivity index (χ1) is 12.7. The monoisotopic (exact) mass is 351 g/mol. The zero-order valence-electron chi connectivity index (χ0n) is 14.6. The van der Waals surface area contributed by atoms with E-state index in [1.165, 1.54) is 16.6 Å². The Labute approximate surface area is 152 Å². The number of nitrogens with zero attached hydrogens (tertiary/aromatic N) is 4. The molecule has 1 aromatic heterocycles. The molecule has 0 saturated heterocycles. The molecule has 134 valence electrons. The molecular formula is C19H21N5O2. The lowest BCUT2D eigenvalue weighted by atomic mass is 10.1. The molecule has 1 amide bonds. The van der Waals surface area contributed by atoms with Crippen molar-refractivity contribution >= 4 is 5.91 Å². The Bertz CT molecular complexity index is 804. The number of benzene rings is 2. The first kappa shape index (κ1) is 17.6. The highest BCUT2D eigenvalue weighted by atomic mass is 16.5. The van der Waals surface area contributed by atoms with Crippen molar-refractivity contribution in [2.24, 2.45) is 0 Å². The van der Waals surface area contributed by atoms with Gasteiger partial charge in [-0.05, 0) is 35.0 Å². The van der Waals surface area contributed by atoms with E-state index in [-0.39, 0.29) is 5.91 Å². The van der Waals surface area contributed by atoms with Crippen LogP contribution in [0, 0.1) is 6.92 Å². The van der Waals surface area contributed by atoms with Gasteiger partial charge in [0.1, 0.15) is 24.7 Å². The molecule has 3 rings (SSSR count). The van der Waals surface area contributed by atoms with Gasteiger partial charge in [-0.25, -0.2) is 4.68 Å². The highest BCUT2D eigenvalue weighted by Crippen LogP contribution is 2.13. The zero-order valence-corrected chi connectivity index (χ0v) is 14.6. The van der Waals surface area contributed by atoms with Gasteiger partial charge < -0.3 is 10.1 Å². The fraction of sp³-hybridized carbons (Fsp3) is 0.263. The van der Waals surface area contributed by atoms with Gasteiger partial charge in [0.05, 0.1) is 6.54 Å². The molecule has 0 radical (unpaired) electrons. The van der Waals surface area contributed by atoms with Gasteiger partial charge in [0.2, 0.25) is 5.91 Å². The average Bonchev–Trinajstić information content (AvgIpc) is 3.20. The number of carbonyl (C=O) groups is 1. The van der Waals surface area contributed by atoms with Gasteiger partial charge in [0.25, 0.3) is 0 Å². The van der Waals surface area contributed by atoms with Crippen LogP contribution in [0.1, 0.15) is 17.2 Å². The summed E-state index contributed by atoms with van der Waals surface area (Å²) in [6.07, 6.45) is 1.96. The molecule has 0 spiro atoms. The van der Waals surface area contributed by atoms with E-state index < -0.39 is 6.04 Å². The molecule has 0 fully saturated rings. The Balaban J connectivity index is 1.54. The highest BCUT2D eigenvalue weighted by Gasteiger charge is 2.21. The number of tetrazole rings is 1. The quantitative estimate of drug-likeness (QED) is 0.628. The summed E-state index contributed by atoms with van der Waals surface area (Å²) in [6, 6.07) is 17.1. The molecule has 1 N–H and O–H groups in total. The van der Waals surface area contributed by atoms with Gasteiger partial charge in [-0.2, -0.15) is 0 Å². The predicted octanol–water partition coefficient (Wildman–Crippen LogP) is 1.96. The van der Waals surface area contributed by atoms with E-state index in [4.69, 9.17) is 4.74 Å². The maximum absolute atomic E-state index is 12.6. The first-order valence-electron chi connectivity index (χ1n) is 8.46. The van der Waals surface area contributed by atoms with Crippen LogP contribution < -0.4 is 10.1 Å². The third-order valence-electron chi connectivity index (χ3n) is 3.95. The summed E-state index contributed by atoms with van der Waals surface area (Å²) in [6.45, 7) is 2.82. The van der Waals surface area contributed by atoms with Crippen LogP contribution in [0.5, 0.6) is 5.75 Å². The van der Waals surface area contributed by atoms with E-state index in [0.717, 1.165) is 11.3 Å². The van der Waals surface area contributed by atoms with Crippen molar-refractivity contribution in [3.05, 3.63) is 72.1 Å². The van der Waals surface area contributed by atoms with E-state index >= 15 is 0 Å². The molecule has 7 heteroatoms. The first-order valence-corrected chi connectivity index (χ1v) is 8.46. The number of amides is 1. The molecule has 1 atom stereocenters. The van der Waals surface area contributed by atoms with E-state index in [9.17, 15) is 4.79 Å². The van der Waals surface area contributed by atoms with Gasteiger partial charge in [-0.1, -0.05) is 48.0 Å². The predicted molar refractivity (Wildman–Crippen MR) is 96.7 cm³/mol. The Morgan fingerprint density at radius 1 is 1.15 bits per heavy atom. The Kier molecular flexibility index (Phi) is 5.92. The van der Waals surface area contributed by atoms with Crippen LogP contribution in [0.25, 0.3) is 0 Å². The minimum absolute atomic E-state index is 0.145. The van der Waals surface area contributed by atoms with Crippen LogP contribution in [0.15, 0.2) is 60.9 Å². The van der Waals surface area contributed by atoms with Crippen molar-refractivity contribution in [3.8, 4) is 5.75 Å². The maximum atomic E-state index is 12.6. The fourth-order valence-corrected chi connectivity index (χ4v) is 2.55. The summed E-state index contributed by atoms with van der Waals surface area (Å²) in [4.78, 5) is 12.6. The molecular weight excluding hydrogens is 330 g/mol. The van der Waals surface area contributed by atoms with Gasteiger partial charge in [0, 0.05) is 6.42 Å². The topological polar surface area (TPSA) is 81.9 Å². The van der Waals surface area contributed by atoms with Crippen molar-refractivity contribution in [3.63, 3.8) is 0 Å². The summed E-state index contributed by atoms with van der Waals surface area (Å²) in [7, 11) is 0. The maximum Gasteiger partial charge on any atom is 0.245 e. The van der Waals surface area contributed by atoms with Gasteiger partial charge >= 0.3 is 0 Å². The number of aryl methyl sites for hydroxylation is 1. The number of carbonyl (C=O) groups excluding carboxylic acids is 1. The molecule has 0 saturated carbocycles. The van der Waals surface area contributed by atoms with Crippen LogP contribution in [0.4, 0.5) is 0 Å². The SMILES string of the molecule is Cc1ccc(OCCNC(=O)C(Cc2ccccc2)n2cnnn2)cc1. The summed E-state index contributed by atoms with van der Waals surface area (Å²) >= 11 is 0. The third kappa shape index (κ3) is 4.89. The second-order valence-corrected chi connectivity index (χ2v) is 5.95. The minimum atomic E-state index is -0.508.